The Bertz CT molecular complexity index is 2300. The standard InChI is InChI=1S/C45H57N9O10S2/c1-25(55)38(47)44(62)54-37-24-66-65-23-36(43(61)52-35(45(63)64)20-26-9-3-2-4-10-26)53-40(58)33(19-27-14-16-29(56)17-15-27)50-41(59)34(21-28-22-48-31-12-6-5-11-30(28)31)51-39(57)32(49-42(37)60)13-7-8-18-46/h2-6,9-12,14-17,22,25,32-38,48,55-56H,7-8,13,18-21,23-24,46-47H2,1H3,(H,49,60)(H,50,59)(H,51,57)(H,52,61)(H,53,58)(H,54,62)(H,63,64)/t25-,32+,33+,34-,35-,36+,37+,38+/m1/s1. The van der Waals surface area contributed by atoms with Crippen LogP contribution in [0, 0.1) is 0 Å². The summed E-state index contributed by atoms with van der Waals surface area (Å²) in [5.41, 5.74) is 14.2. The van der Waals surface area contributed by atoms with Crippen LogP contribution in [0.25, 0.3) is 10.9 Å². The van der Waals surface area contributed by atoms with Gasteiger partial charge >= 0.3 is 5.97 Å². The Balaban J connectivity index is 1.55. The number of aromatic hydroxyl groups is 1. The number of carboxylic acid groups (broad SMARTS) is 1. The maximum Gasteiger partial charge on any atom is 0.326 e. The van der Waals surface area contributed by atoms with Crippen LogP contribution in [0.15, 0.2) is 85.1 Å². The molecule has 6 amide bonds. The highest BCUT2D eigenvalue weighted by Crippen LogP contribution is 2.25. The summed E-state index contributed by atoms with van der Waals surface area (Å²) < 4.78 is 0. The predicted molar refractivity (Wildman–Crippen MR) is 251 cm³/mol. The molecule has 2 heterocycles. The summed E-state index contributed by atoms with van der Waals surface area (Å²) in [5, 5.41) is 47.0. The van der Waals surface area contributed by atoms with Gasteiger partial charge in [-0.2, -0.15) is 0 Å². The molecule has 4 aromatic rings. The molecule has 21 heteroatoms. The zero-order valence-electron chi connectivity index (χ0n) is 36.2. The Hall–Kier alpha value is -6.13. The number of aliphatic carboxylic acids is 1. The van der Waals surface area contributed by atoms with Gasteiger partial charge in [-0.1, -0.05) is 82.3 Å². The number of aliphatic hydroxyl groups is 1. The van der Waals surface area contributed by atoms with Crippen LogP contribution in [-0.4, -0.2) is 128 Å². The van der Waals surface area contributed by atoms with E-state index in [1.54, 1.807) is 48.7 Å². The lowest BCUT2D eigenvalue weighted by atomic mass is 10.0. The molecule has 0 aliphatic carbocycles. The summed E-state index contributed by atoms with van der Waals surface area (Å²) in [6.07, 6.45) is 1.11. The zero-order valence-corrected chi connectivity index (χ0v) is 37.9. The smallest absolute Gasteiger partial charge is 0.326 e. The van der Waals surface area contributed by atoms with Crippen molar-refractivity contribution in [2.24, 2.45) is 11.5 Å². The number of aliphatic hydroxyl groups excluding tert-OH is 1. The van der Waals surface area contributed by atoms with Gasteiger partial charge in [-0.25, -0.2) is 4.79 Å². The van der Waals surface area contributed by atoms with Gasteiger partial charge in [0.2, 0.25) is 35.4 Å². The van der Waals surface area contributed by atoms with Crippen LogP contribution in [-0.2, 0) is 52.8 Å². The fourth-order valence-electron chi connectivity index (χ4n) is 7.06. The number of fused-ring (bicyclic) bond motifs is 1. The second-order valence-corrected chi connectivity index (χ2v) is 18.5. The van der Waals surface area contributed by atoms with Crippen LogP contribution in [0.5, 0.6) is 5.75 Å². The first kappa shape index (κ1) is 50.9. The number of amides is 6. The molecule has 0 radical (unpaired) electrons. The van der Waals surface area contributed by atoms with Crippen LogP contribution in [0.3, 0.4) is 0 Å². The van der Waals surface area contributed by atoms with Gasteiger partial charge in [0.05, 0.1) is 6.10 Å². The number of H-pyrrole nitrogens is 1. The highest BCUT2D eigenvalue weighted by molar-refractivity contribution is 8.76. The first-order valence-corrected chi connectivity index (χ1v) is 23.9. The SMILES string of the molecule is C[C@@H](O)[C@H](N)C(=O)N[C@H]1CSSC[C@@H](C(=O)N[C@H](Cc2ccccc2)C(=O)O)NC(=O)[C@H](Cc2ccc(O)cc2)NC(=O)[C@@H](Cc2c[nH]c3ccccc23)NC(=O)[C@H](CCCCN)NC1=O. The molecule has 354 valence electrons. The lowest BCUT2D eigenvalue weighted by Gasteiger charge is -2.27. The summed E-state index contributed by atoms with van der Waals surface area (Å²) in [7, 11) is 2.04. The van der Waals surface area contributed by atoms with E-state index >= 15 is 0 Å². The molecule has 1 saturated heterocycles. The Morgan fingerprint density at radius 1 is 0.773 bits per heavy atom. The number of carbonyl (C=O) groups is 7. The third-order valence-corrected chi connectivity index (χ3v) is 13.3. The first-order valence-electron chi connectivity index (χ1n) is 21.4. The van der Waals surface area contributed by atoms with Gasteiger partial charge in [-0.05, 0) is 67.6 Å². The van der Waals surface area contributed by atoms with Gasteiger partial charge in [0.15, 0.2) is 0 Å². The van der Waals surface area contributed by atoms with Crippen molar-refractivity contribution in [1.29, 1.82) is 0 Å². The molecule has 0 spiro atoms. The molecular weight excluding hydrogens is 891 g/mol. The quantitative estimate of drug-likeness (QED) is 0.0525. The third kappa shape index (κ3) is 15.0. The Morgan fingerprint density at radius 3 is 2.08 bits per heavy atom. The zero-order chi connectivity index (χ0) is 47.8. The number of para-hydroxylation sites is 1. The van der Waals surface area contributed by atoms with E-state index in [1.807, 2.05) is 24.3 Å². The molecular formula is C45H57N9O10S2. The average Bonchev–Trinajstić information content (AvgIpc) is 3.71. The summed E-state index contributed by atoms with van der Waals surface area (Å²) in [6.45, 7) is 1.60. The first-order chi connectivity index (χ1) is 31.6. The van der Waals surface area contributed by atoms with Crippen molar-refractivity contribution >= 4 is 73.9 Å². The number of hydrogen-bond acceptors (Lipinski definition) is 13. The molecule has 8 atom stereocenters. The lowest BCUT2D eigenvalue weighted by Crippen LogP contribution is -2.61. The second-order valence-electron chi connectivity index (χ2n) is 15.9. The minimum absolute atomic E-state index is 0.0434. The number of carboxylic acids is 1. The Kier molecular flexibility index (Phi) is 19.2. The topological polar surface area (TPSA) is 320 Å². The van der Waals surface area contributed by atoms with Crippen LogP contribution in [0.4, 0.5) is 0 Å². The Morgan fingerprint density at radius 2 is 1.39 bits per heavy atom. The number of hydrogen-bond donors (Lipinski definition) is 12. The number of phenolic OH excluding ortho intramolecular Hbond substituents is 1. The van der Waals surface area contributed by atoms with Crippen molar-refractivity contribution in [3.63, 3.8) is 0 Å². The van der Waals surface area contributed by atoms with E-state index in [9.17, 15) is 48.9 Å². The maximum atomic E-state index is 14.6. The number of phenols is 1. The highest BCUT2D eigenvalue weighted by atomic mass is 33.1. The van der Waals surface area contributed by atoms with Gasteiger partial charge in [-0.15, -0.1) is 0 Å². The molecule has 1 aromatic heterocycles. The number of nitrogens with one attached hydrogen (secondary N) is 7. The van der Waals surface area contributed by atoms with Crippen LogP contribution >= 0.6 is 21.6 Å². The molecule has 0 bridgehead atoms. The van der Waals surface area contributed by atoms with Crippen molar-refractivity contribution in [2.45, 2.75) is 93.8 Å². The van der Waals surface area contributed by atoms with E-state index in [4.69, 9.17) is 11.5 Å². The van der Waals surface area contributed by atoms with Crippen molar-refractivity contribution in [1.82, 2.24) is 36.9 Å². The van der Waals surface area contributed by atoms with E-state index in [-0.39, 0.29) is 42.9 Å². The fourth-order valence-corrected chi connectivity index (χ4v) is 9.39. The molecule has 0 saturated carbocycles. The monoisotopic (exact) mass is 947 g/mol. The summed E-state index contributed by atoms with van der Waals surface area (Å²) in [6, 6.07) is 12.3. The largest absolute Gasteiger partial charge is 0.508 e. The van der Waals surface area contributed by atoms with Gasteiger partial charge in [0.1, 0.15) is 48.0 Å². The van der Waals surface area contributed by atoms with Gasteiger partial charge in [-0.3, -0.25) is 28.8 Å². The molecule has 0 unspecified atom stereocenters. The predicted octanol–water partition coefficient (Wildman–Crippen LogP) is 0.127. The number of rotatable bonds is 16. The van der Waals surface area contributed by atoms with Gasteiger partial charge < -0.3 is 63.7 Å². The molecule has 66 heavy (non-hydrogen) atoms. The number of aromatic nitrogens is 1. The van der Waals surface area contributed by atoms with Gasteiger partial charge in [0.25, 0.3) is 0 Å². The van der Waals surface area contributed by atoms with Crippen LogP contribution < -0.4 is 43.4 Å². The minimum Gasteiger partial charge on any atom is -0.508 e. The molecule has 14 N–H and O–H groups in total. The molecule has 1 fully saturated rings. The van der Waals surface area contributed by atoms with E-state index in [1.165, 1.54) is 19.1 Å². The second kappa shape index (κ2) is 25.0. The van der Waals surface area contributed by atoms with Gasteiger partial charge in [0, 0.05) is 47.9 Å². The fraction of sp³-hybridized carbons (Fsp3) is 0.400. The molecule has 1 aliphatic heterocycles. The molecule has 1 aliphatic rings. The van der Waals surface area contributed by atoms with Crippen molar-refractivity contribution in [3.8, 4) is 5.75 Å². The number of aromatic amines is 1. The van der Waals surface area contributed by atoms with E-state index in [0.29, 0.717) is 36.1 Å². The van der Waals surface area contributed by atoms with E-state index < -0.39 is 89.8 Å². The molecule has 19 nitrogen and oxygen atoms in total. The Labute approximate surface area is 389 Å². The van der Waals surface area contributed by atoms with Crippen molar-refractivity contribution < 1.29 is 48.9 Å². The summed E-state index contributed by atoms with van der Waals surface area (Å²) >= 11 is 0. The maximum absolute atomic E-state index is 14.6. The third-order valence-electron chi connectivity index (χ3n) is 10.9. The molecule has 5 rings (SSSR count). The lowest BCUT2D eigenvalue weighted by molar-refractivity contribution is -0.142. The average molecular weight is 948 g/mol. The van der Waals surface area contributed by atoms with Crippen molar-refractivity contribution in [3.05, 3.63) is 102 Å². The highest BCUT2D eigenvalue weighted by Gasteiger charge is 2.35. The van der Waals surface area contributed by atoms with E-state index in [0.717, 1.165) is 32.5 Å². The minimum atomic E-state index is -1.42. The normalized spacial score (nSPS) is 21.5. The molecule has 3 aromatic carbocycles. The number of nitrogens with two attached hydrogens (primary N) is 2. The van der Waals surface area contributed by atoms with E-state index in [2.05, 4.69) is 36.9 Å². The summed E-state index contributed by atoms with van der Waals surface area (Å²) in [5.74, 6) is -6.58. The van der Waals surface area contributed by atoms with Crippen molar-refractivity contribution in [2.75, 3.05) is 18.1 Å². The number of benzene rings is 3. The van der Waals surface area contributed by atoms with Crippen LogP contribution in [0.1, 0.15) is 42.9 Å². The number of unbranched alkanes of at least 4 members (excludes halogenated alkanes) is 1. The number of carbonyl (C=O) groups excluding carboxylic acids is 6. The van der Waals surface area contributed by atoms with Crippen LogP contribution in [0.2, 0.25) is 0 Å². The summed E-state index contributed by atoms with van der Waals surface area (Å²) in [4.78, 5) is 100.